The molecule has 0 amide bonds. The fraction of sp³-hybridized carbons (Fsp3) is 0.750. The van der Waals surface area contributed by atoms with Gasteiger partial charge in [0.05, 0.1) is 17.9 Å². The van der Waals surface area contributed by atoms with Crippen LogP contribution in [0.15, 0.2) is 0 Å². The summed E-state index contributed by atoms with van der Waals surface area (Å²) in [5, 5.41) is 6.15. The Balaban J connectivity index is 0.000000459. The van der Waals surface area contributed by atoms with E-state index < -0.39 is 11.9 Å². The summed E-state index contributed by atoms with van der Waals surface area (Å²) in [4.78, 5) is 22.1. The number of hydrogen-bond donors (Lipinski definition) is 2. The molecule has 0 aromatic carbocycles. The Morgan fingerprint density at radius 1 is 1.37 bits per heavy atom. The normalized spacial score (nSPS) is 23.0. The molecule has 1 aliphatic heterocycles. The van der Waals surface area contributed by atoms with Gasteiger partial charge in [0.2, 0.25) is 0 Å². The van der Waals surface area contributed by atoms with Crippen molar-refractivity contribution in [2.45, 2.75) is 26.4 Å². The number of carbonyl (C=O) groups excluding carboxylic acids is 2. The van der Waals surface area contributed by atoms with Crippen molar-refractivity contribution in [3.8, 4) is 0 Å². The van der Waals surface area contributed by atoms with E-state index in [2.05, 4.69) is 27.6 Å². The molecule has 3 atom stereocenters. The molecule has 0 saturated carbocycles. The summed E-state index contributed by atoms with van der Waals surface area (Å²) in [6, 6.07) is 0. The van der Waals surface area contributed by atoms with Crippen molar-refractivity contribution in [1.29, 1.82) is 0 Å². The number of carbonyl (C=O) groups is 2. The molecule has 7 heteroatoms. The van der Waals surface area contributed by atoms with Crippen LogP contribution in [0, 0.1) is 11.8 Å². The van der Waals surface area contributed by atoms with Gasteiger partial charge in [0.25, 0.3) is 0 Å². The molecule has 0 aromatic heterocycles. The molecule has 1 saturated heterocycles. The van der Waals surface area contributed by atoms with Gasteiger partial charge in [-0.05, 0) is 25.6 Å². The number of methoxy groups -OCH3 is 1. The Morgan fingerprint density at radius 3 is 2.16 bits per heavy atom. The van der Waals surface area contributed by atoms with Gasteiger partial charge in [-0.2, -0.15) is 0 Å². The van der Waals surface area contributed by atoms with Crippen molar-refractivity contribution in [2.75, 3.05) is 21.2 Å². The summed E-state index contributed by atoms with van der Waals surface area (Å²) in [5.41, 5.74) is 0. The van der Waals surface area contributed by atoms with Gasteiger partial charge in [0.1, 0.15) is 0 Å². The third-order valence-electron chi connectivity index (χ3n) is 2.92. The molecule has 0 bridgehead atoms. The molecule has 110 valence electrons. The van der Waals surface area contributed by atoms with Crippen LogP contribution in [0.3, 0.4) is 0 Å². The second-order valence-electron chi connectivity index (χ2n) is 4.25. The largest absolute Gasteiger partial charge is 0.393 e. The van der Waals surface area contributed by atoms with Crippen LogP contribution in [0.1, 0.15) is 20.3 Å². The van der Waals surface area contributed by atoms with E-state index in [9.17, 15) is 9.59 Å². The SMILES string of the molecule is CNC(=S)NC.COC(C)CC1C(=O)OC(=O)C1C. The second kappa shape index (κ2) is 8.82. The van der Waals surface area contributed by atoms with Crippen LogP contribution in [-0.2, 0) is 19.1 Å². The third-order valence-corrected chi connectivity index (χ3v) is 3.33. The smallest absolute Gasteiger partial charge is 0.317 e. The average molecular weight is 290 g/mol. The van der Waals surface area contributed by atoms with E-state index >= 15 is 0 Å². The third kappa shape index (κ3) is 5.98. The lowest BCUT2D eigenvalue weighted by Crippen LogP contribution is -2.28. The van der Waals surface area contributed by atoms with Crippen molar-refractivity contribution in [2.24, 2.45) is 11.8 Å². The molecule has 19 heavy (non-hydrogen) atoms. The predicted molar refractivity (Wildman–Crippen MR) is 75.6 cm³/mol. The van der Waals surface area contributed by atoms with Crippen LogP contribution in [0.2, 0.25) is 0 Å². The van der Waals surface area contributed by atoms with Crippen LogP contribution < -0.4 is 10.6 Å². The molecule has 2 N–H and O–H groups in total. The van der Waals surface area contributed by atoms with Gasteiger partial charge in [-0.3, -0.25) is 9.59 Å². The molecule has 1 fully saturated rings. The van der Waals surface area contributed by atoms with E-state index in [-0.39, 0.29) is 17.9 Å². The van der Waals surface area contributed by atoms with Gasteiger partial charge in [-0.25, -0.2) is 0 Å². The fourth-order valence-corrected chi connectivity index (χ4v) is 1.52. The average Bonchev–Trinajstić information content (AvgIpc) is 2.64. The molecule has 0 aromatic rings. The Bertz CT molecular complexity index is 330. The number of ether oxygens (including phenoxy) is 2. The lowest BCUT2D eigenvalue weighted by atomic mass is 9.91. The summed E-state index contributed by atoms with van der Waals surface area (Å²) >= 11 is 4.63. The zero-order valence-electron chi connectivity index (χ0n) is 12.0. The Morgan fingerprint density at radius 2 is 1.89 bits per heavy atom. The lowest BCUT2D eigenvalue weighted by Gasteiger charge is -2.13. The summed E-state index contributed by atoms with van der Waals surface area (Å²) in [5.74, 6) is -1.49. The minimum absolute atomic E-state index is 0.0223. The highest BCUT2D eigenvalue weighted by Gasteiger charge is 2.41. The maximum atomic E-state index is 11.1. The van der Waals surface area contributed by atoms with Crippen LogP contribution in [0.5, 0.6) is 0 Å². The van der Waals surface area contributed by atoms with Gasteiger partial charge < -0.3 is 20.1 Å². The van der Waals surface area contributed by atoms with E-state index in [0.29, 0.717) is 11.5 Å². The quantitative estimate of drug-likeness (QED) is 0.444. The van der Waals surface area contributed by atoms with Crippen LogP contribution >= 0.6 is 12.2 Å². The Labute approximate surface area is 119 Å². The van der Waals surface area contributed by atoms with Crippen LogP contribution in [-0.4, -0.2) is 44.4 Å². The summed E-state index contributed by atoms with van der Waals surface area (Å²) in [6.07, 6.45) is 0.522. The van der Waals surface area contributed by atoms with Gasteiger partial charge in [-0.15, -0.1) is 0 Å². The molecule has 1 heterocycles. The summed E-state index contributed by atoms with van der Waals surface area (Å²) in [7, 11) is 5.13. The van der Waals surface area contributed by atoms with Crippen molar-refractivity contribution >= 4 is 29.3 Å². The summed E-state index contributed by atoms with van der Waals surface area (Å²) in [6.45, 7) is 3.57. The molecule has 0 aliphatic carbocycles. The molecule has 3 unspecified atom stereocenters. The van der Waals surface area contributed by atoms with Crippen molar-refractivity contribution in [3.05, 3.63) is 0 Å². The molecular weight excluding hydrogens is 268 g/mol. The van der Waals surface area contributed by atoms with E-state index in [0.717, 1.165) is 0 Å². The van der Waals surface area contributed by atoms with Gasteiger partial charge in [0.15, 0.2) is 5.11 Å². The first-order valence-corrected chi connectivity index (χ1v) is 6.45. The molecule has 1 rings (SSSR count). The molecular formula is C12H22N2O4S. The number of nitrogens with one attached hydrogen (secondary N) is 2. The standard InChI is InChI=1S/C9H14O4.C3H8N2S/c1-5(12-3)4-7-6(2)8(10)13-9(7)11;1-4-3(6)5-2/h5-7H,4H2,1-3H3;1-2H3,(H2,4,5,6). The minimum Gasteiger partial charge on any atom is -0.393 e. The zero-order chi connectivity index (χ0) is 15.0. The zero-order valence-corrected chi connectivity index (χ0v) is 12.8. The predicted octanol–water partition coefficient (Wildman–Crippen LogP) is 0.457. The number of esters is 2. The fourth-order valence-electron chi connectivity index (χ4n) is 1.52. The highest BCUT2D eigenvalue weighted by atomic mass is 32.1. The molecule has 0 spiro atoms. The first-order valence-electron chi connectivity index (χ1n) is 6.05. The number of hydrogen-bond acceptors (Lipinski definition) is 5. The highest BCUT2D eigenvalue weighted by molar-refractivity contribution is 7.80. The Hall–Kier alpha value is -1.21. The minimum atomic E-state index is -0.418. The maximum absolute atomic E-state index is 11.1. The van der Waals surface area contributed by atoms with E-state index in [1.54, 1.807) is 28.1 Å². The lowest BCUT2D eigenvalue weighted by molar-refractivity contribution is -0.153. The number of rotatable bonds is 3. The highest BCUT2D eigenvalue weighted by Crippen LogP contribution is 2.27. The van der Waals surface area contributed by atoms with Gasteiger partial charge in [0, 0.05) is 21.2 Å². The molecule has 0 radical (unpaired) electrons. The topological polar surface area (TPSA) is 76.7 Å². The van der Waals surface area contributed by atoms with E-state index in [1.807, 2.05) is 6.92 Å². The second-order valence-corrected chi connectivity index (χ2v) is 4.65. The molecule has 6 nitrogen and oxygen atoms in total. The summed E-state index contributed by atoms with van der Waals surface area (Å²) < 4.78 is 9.52. The van der Waals surface area contributed by atoms with E-state index in [1.165, 1.54) is 0 Å². The van der Waals surface area contributed by atoms with E-state index in [4.69, 9.17) is 4.74 Å². The van der Waals surface area contributed by atoms with Crippen LogP contribution in [0.4, 0.5) is 0 Å². The van der Waals surface area contributed by atoms with Crippen molar-refractivity contribution in [1.82, 2.24) is 10.6 Å². The van der Waals surface area contributed by atoms with Crippen molar-refractivity contribution < 1.29 is 19.1 Å². The van der Waals surface area contributed by atoms with Crippen molar-refractivity contribution in [3.63, 3.8) is 0 Å². The molecule has 1 aliphatic rings. The monoisotopic (exact) mass is 290 g/mol. The Kier molecular flexibility index (Phi) is 8.26. The van der Waals surface area contributed by atoms with Gasteiger partial charge >= 0.3 is 11.9 Å². The maximum Gasteiger partial charge on any atom is 0.317 e. The first-order chi connectivity index (χ1) is 8.87. The first kappa shape index (κ1) is 17.8. The number of thiocarbonyl (C=S) groups is 1. The van der Waals surface area contributed by atoms with Gasteiger partial charge in [-0.1, -0.05) is 6.92 Å². The number of cyclic esters (lactones) is 2. The van der Waals surface area contributed by atoms with Crippen LogP contribution in [0.25, 0.3) is 0 Å².